The number of allylic oxidation sites excluding steroid dienone is 1. The van der Waals surface area contributed by atoms with Crippen molar-refractivity contribution in [1.29, 1.82) is 0 Å². The lowest BCUT2D eigenvalue weighted by atomic mass is 10.0. The van der Waals surface area contributed by atoms with Crippen molar-refractivity contribution in [1.82, 2.24) is 24.3 Å². The number of aryl methyl sites for hydroxylation is 1. The van der Waals surface area contributed by atoms with Gasteiger partial charge in [-0.15, -0.1) is 0 Å². The molecular formula is C34H49FN6O6Si. The second-order valence-corrected chi connectivity index (χ2v) is 19.4. The Morgan fingerprint density at radius 2 is 1.92 bits per heavy atom. The molecule has 12 nitrogen and oxygen atoms in total. The van der Waals surface area contributed by atoms with Crippen LogP contribution < -0.4 is 16.2 Å². The molecule has 0 bridgehead atoms. The van der Waals surface area contributed by atoms with Crippen LogP contribution >= 0.6 is 0 Å². The van der Waals surface area contributed by atoms with E-state index in [2.05, 4.69) is 35.3 Å². The van der Waals surface area contributed by atoms with E-state index in [1.165, 1.54) is 27.8 Å². The number of pyridine rings is 2. The average Bonchev–Trinajstić information content (AvgIpc) is 3.25. The second-order valence-electron chi connectivity index (χ2n) is 13.8. The molecule has 3 N–H and O–H groups in total. The number of fused-ring (bicyclic) bond motifs is 1. The Hall–Kier alpha value is -4.30. The van der Waals surface area contributed by atoms with Crippen molar-refractivity contribution < 1.29 is 28.6 Å². The summed E-state index contributed by atoms with van der Waals surface area (Å²) < 4.78 is 24.7. The van der Waals surface area contributed by atoms with Crippen molar-refractivity contribution in [3.63, 3.8) is 0 Å². The molecule has 0 spiro atoms. The van der Waals surface area contributed by atoms with Crippen LogP contribution in [0.15, 0.2) is 41.5 Å². The quantitative estimate of drug-likeness (QED) is 0.107. The van der Waals surface area contributed by atoms with Gasteiger partial charge in [0.05, 0.1) is 23.8 Å². The van der Waals surface area contributed by atoms with Crippen LogP contribution in [0.2, 0.25) is 25.7 Å². The van der Waals surface area contributed by atoms with E-state index in [4.69, 9.17) is 4.74 Å². The number of aromatic nitrogens is 3. The monoisotopic (exact) mass is 684 g/mol. The van der Waals surface area contributed by atoms with Crippen LogP contribution in [0.3, 0.4) is 0 Å². The number of nitrogens with zero attached hydrogens (tertiary/aromatic N) is 4. The van der Waals surface area contributed by atoms with Crippen LogP contribution in [0.25, 0.3) is 11.0 Å². The van der Waals surface area contributed by atoms with E-state index in [1.54, 1.807) is 32.4 Å². The molecule has 3 aromatic rings. The van der Waals surface area contributed by atoms with Gasteiger partial charge in [0.15, 0.2) is 0 Å². The molecule has 0 radical (unpaired) electrons. The fourth-order valence-corrected chi connectivity index (χ4v) is 5.95. The molecule has 14 heteroatoms. The number of carbonyl (C=O) groups excluding carboxylic acids is 2. The Bertz CT molecular complexity index is 1710. The lowest BCUT2D eigenvalue weighted by Gasteiger charge is -2.19. The highest BCUT2D eigenvalue weighted by Gasteiger charge is 2.24. The molecule has 3 rings (SSSR count). The standard InChI is InChI=1S/C34H49FN6O6Si/c1-22(2)18-24-25(35)19-36-30-23(3)28(41(31(24)30)21-47-16-17-48(6,7)8)20-40-15-11-13-27(33(40)44)37-32(43)26(38-34(45)46)12-9-10-14-29(42)39(4)5/h10-11,13-15,19,22,26,38H,9,12,16-18,20-21H2,1-8H3,(H,37,43)(H,45,46)/b14-10+/t26-/m0/s1. The highest BCUT2D eigenvalue weighted by atomic mass is 28.3. The third-order valence-corrected chi connectivity index (χ3v) is 9.56. The van der Waals surface area contributed by atoms with E-state index in [0.717, 1.165) is 17.3 Å². The summed E-state index contributed by atoms with van der Waals surface area (Å²) in [6, 6.07) is 2.84. The van der Waals surface area contributed by atoms with Gasteiger partial charge in [-0.2, -0.15) is 0 Å². The summed E-state index contributed by atoms with van der Waals surface area (Å²) in [4.78, 5) is 55.9. The summed E-state index contributed by atoms with van der Waals surface area (Å²) in [6.45, 7) is 13.5. The largest absolute Gasteiger partial charge is 0.465 e. The normalized spacial score (nSPS) is 12.5. The van der Waals surface area contributed by atoms with Crippen molar-refractivity contribution >= 4 is 42.7 Å². The smallest absolute Gasteiger partial charge is 0.405 e. The molecule has 0 aliphatic heterocycles. The SMILES string of the molecule is Cc1c(Cn2cccc(NC(=O)[C@H](CC/C=C/C(=O)N(C)C)NC(=O)O)c2=O)n(COCC[Si](C)(C)C)c2c(CC(C)C)c(F)cnc12. The van der Waals surface area contributed by atoms with E-state index < -0.39 is 37.5 Å². The molecule has 0 unspecified atom stereocenters. The first-order chi connectivity index (χ1) is 22.5. The van der Waals surface area contributed by atoms with E-state index in [1.807, 2.05) is 25.3 Å². The predicted octanol–water partition coefficient (Wildman–Crippen LogP) is 5.20. The van der Waals surface area contributed by atoms with Crippen LogP contribution in [0.1, 0.15) is 43.5 Å². The Balaban J connectivity index is 1.95. The number of likely N-dealkylation sites (N-methyl/N-ethyl adjacent to an activating group) is 1. The van der Waals surface area contributed by atoms with Crippen LogP contribution in [0.4, 0.5) is 14.9 Å². The third kappa shape index (κ3) is 10.3. The topological polar surface area (TPSA) is 148 Å². The number of rotatable bonds is 16. The van der Waals surface area contributed by atoms with Gasteiger partial charge in [0.1, 0.15) is 24.3 Å². The Labute approximate surface area is 282 Å². The van der Waals surface area contributed by atoms with Gasteiger partial charge in [-0.1, -0.05) is 39.6 Å². The Morgan fingerprint density at radius 1 is 1.21 bits per heavy atom. The van der Waals surface area contributed by atoms with Crippen molar-refractivity contribution in [2.24, 2.45) is 5.92 Å². The minimum atomic E-state index is -1.40. The number of halogens is 1. The molecule has 0 saturated carbocycles. The van der Waals surface area contributed by atoms with Crippen LogP contribution in [-0.2, 0) is 34.0 Å². The number of hydrogen-bond acceptors (Lipinski definition) is 6. The zero-order chi connectivity index (χ0) is 35.8. The minimum absolute atomic E-state index is 0.0330. The van der Waals surface area contributed by atoms with Crippen molar-refractivity contribution in [3.05, 3.63) is 69.7 Å². The molecule has 3 aromatic heterocycles. The van der Waals surface area contributed by atoms with Gasteiger partial charge >= 0.3 is 6.09 Å². The first kappa shape index (κ1) is 38.1. The Kier molecular flexibility index (Phi) is 13.3. The van der Waals surface area contributed by atoms with Crippen LogP contribution in [0.5, 0.6) is 0 Å². The van der Waals surface area contributed by atoms with Crippen molar-refractivity contribution in [2.45, 2.75) is 85.0 Å². The average molecular weight is 685 g/mol. The summed E-state index contributed by atoms with van der Waals surface area (Å²) in [5, 5.41) is 14.1. The van der Waals surface area contributed by atoms with Gasteiger partial charge in [0, 0.05) is 46.2 Å². The van der Waals surface area contributed by atoms with Gasteiger partial charge < -0.3 is 34.5 Å². The Morgan fingerprint density at radius 3 is 2.54 bits per heavy atom. The fourth-order valence-electron chi connectivity index (χ4n) is 5.19. The summed E-state index contributed by atoms with van der Waals surface area (Å²) in [7, 11) is 1.84. The van der Waals surface area contributed by atoms with Gasteiger partial charge in [-0.05, 0) is 61.9 Å². The first-order valence-corrected chi connectivity index (χ1v) is 19.8. The highest BCUT2D eigenvalue weighted by Crippen LogP contribution is 2.30. The molecule has 262 valence electrons. The van der Waals surface area contributed by atoms with E-state index in [9.17, 15) is 24.3 Å². The summed E-state index contributed by atoms with van der Waals surface area (Å²) in [5.74, 6) is -1.16. The van der Waals surface area contributed by atoms with Crippen LogP contribution in [0, 0.1) is 18.7 Å². The lowest BCUT2D eigenvalue weighted by molar-refractivity contribution is -0.123. The predicted molar refractivity (Wildman–Crippen MR) is 188 cm³/mol. The number of ether oxygens (including phenoxy) is 1. The zero-order valence-corrected chi connectivity index (χ0v) is 30.2. The fraction of sp³-hybridized carbons (Fsp3) is 0.500. The van der Waals surface area contributed by atoms with Gasteiger partial charge in [0.2, 0.25) is 11.8 Å². The molecule has 3 heterocycles. The molecule has 0 saturated heterocycles. The van der Waals surface area contributed by atoms with Crippen LogP contribution in [-0.4, -0.2) is 76.9 Å². The van der Waals surface area contributed by atoms with Gasteiger partial charge in [0.25, 0.3) is 5.56 Å². The third-order valence-electron chi connectivity index (χ3n) is 7.85. The number of nitrogens with one attached hydrogen (secondary N) is 2. The molecular weight excluding hydrogens is 635 g/mol. The van der Waals surface area contributed by atoms with Gasteiger partial charge in [-0.3, -0.25) is 19.4 Å². The molecule has 3 amide bonds. The van der Waals surface area contributed by atoms with Crippen molar-refractivity contribution in [2.75, 3.05) is 26.0 Å². The maximum Gasteiger partial charge on any atom is 0.405 e. The number of carbonyl (C=O) groups is 3. The molecule has 0 fully saturated rings. The number of hydrogen-bond donors (Lipinski definition) is 3. The summed E-state index contributed by atoms with van der Waals surface area (Å²) in [5.41, 5.74) is 2.79. The van der Waals surface area contributed by atoms with E-state index in [-0.39, 0.29) is 43.6 Å². The molecule has 48 heavy (non-hydrogen) atoms. The summed E-state index contributed by atoms with van der Waals surface area (Å²) in [6.07, 6.45) is 5.15. The second kappa shape index (κ2) is 16.7. The van der Waals surface area contributed by atoms with Gasteiger partial charge in [-0.25, -0.2) is 9.18 Å². The molecule has 0 aromatic carbocycles. The van der Waals surface area contributed by atoms with E-state index >= 15 is 4.39 Å². The lowest BCUT2D eigenvalue weighted by Crippen LogP contribution is -2.44. The number of anilines is 1. The first-order valence-electron chi connectivity index (χ1n) is 16.1. The minimum Gasteiger partial charge on any atom is -0.465 e. The zero-order valence-electron chi connectivity index (χ0n) is 29.2. The maximum absolute atomic E-state index is 15.3. The number of carboxylic acid groups (broad SMARTS) is 1. The summed E-state index contributed by atoms with van der Waals surface area (Å²) >= 11 is 0. The highest BCUT2D eigenvalue weighted by molar-refractivity contribution is 6.76. The number of amides is 3. The van der Waals surface area contributed by atoms with Crippen molar-refractivity contribution in [3.8, 4) is 0 Å². The maximum atomic E-state index is 15.3. The van der Waals surface area contributed by atoms with E-state index in [0.29, 0.717) is 29.6 Å². The molecule has 1 atom stereocenters. The molecule has 0 aliphatic rings. The molecule has 0 aliphatic carbocycles.